The van der Waals surface area contributed by atoms with E-state index in [1.807, 2.05) is 13.0 Å². The van der Waals surface area contributed by atoms with Crippen LogP contribution in [0.1, 0.15) is 15.9 Å². The smallest absolute Gasteiger partial charge is 0.257 e. The number of anilines is 1. The standard InChI is InChI=1S/C15H12Cl2N2OS/c1-9-12(17)3-2-4-13(9)18-15(21)19-14(20)10-5-7-11(16)8-6-10/h2-8H,1H3,(H2,18,19,20,21). The van der Waals surface area contributed by atoms with Crippen LogP contribution < -0.4 is 10.6 Å². The second-order valence-electron chi connectivity index (χ2n) is 4.33. The minimum absolute atomic E-state index is 0.209. The normalized spacial score (nSPS) is 10.0. The van der Waals surface area contributed by atoms with Gasteiger partial charge in [-0.15, -0.1) is 0 Å². The summed E-state index contributed by atoms with van der Waals surface area (Å²) in [6, 6.07) is 12.0. The molecule has 0 saturated heterocycles. The van der Waals surface area contributed by atoms with Gasteiger partial charge in [-0.05, 0) is 61.1 Å². The molecule has 21 heavy (non-hydrogen) atoms. The van der Waals surface area contributed by atoms with Crippen LogP contribution in [0.5, 0.6) is 0 Å². The molecule has 0 unspecified atom stereocenters. The number of halogens is 2. The predicted molar refractivity (Wildman–Crippen MR) is 91.3 cm³/mol. The van der Waals surface area contributed by atoms with E-state index in [1.54, 1.807) is 36.4 Å². The van der Waals surface area contributed by atoms with Gasteiger partial charge in [0.05, 0.1) is 0 Å². The van der Waals surface area contributed by atoms with E-state index in [0.717, 1.165) is 11.3 Å². The van der Waals surface area contributed by atoms with Gasteiger partial charge in [-0.2, -0.15) is 0 Å². The van der Waals surface area contributed by atoms with Crippen LogP contribution in [0.15, 0.2) is 42.5 Å². The molecule has 0 spiro atoms. The summed E-state index contributed by atoms with van der Waals surface area (Å²) < 4.78 is 0. The summed E-state index contributed by atoms with van der Waals surface area (Å²) in [7, 11) is 0. The third kappa shape index (κ3) is 4.17. The number of rotatable bonds is 2. The zero-order valence-corrected chi connectivity index (χ0v) is 13.4. The lowest BCUT2D eigenvalue weighted by molar-refractivity contribution is 0.0978. The van der Waals surface area contributed by atoms with E-state index in [1.165, 1.54) is 0 Å². The number of amides is 1. The molecule has 0 saturated carbocycles. The summed E-state index contributed by atoms with van der Waals surface area (Å²) >= 11 is 16.9. The van der Waals surface area contributed by atoms with Gasteiger partial charge < -0.3 is 5.32 Å². The first kappa shape index (κ1) is 15.8. The number of hydrogen-bond acceptors (Lipinski definition) is 2. The van der Waals surface area contributed by atoms with Crippen LogP contribution in [-0.2, 0) is 0 Å². The Hall–Kier alpha value is -1.62. The number of carbonyl (C=O) groups excluding carboxylic acids is 1. The van der Waals surface area contributed by atoms with Gasteiger partial charge in [-0.3, -0.25) is 10.1 Å². The first-order valence-electron chi connectivity index (χ1n) is 6.10. The van der Waals surface area contributed by atoms with E-state index in [-0.39, 0.29) is 11.0 Å². The number of benzene rings is 2. The monoisotopic (exact) mass is 338 g/mol. The highest BCUT2D eigenvalue weighted by Gasteiger charge is 2.09. The molecular formula is C15H12Cl2N2OS. The van der Waals surface area contributed by atoms with E-state index >= 15 is 0 Å². The van der Waals surface area contributed by atoms with Crippen molar-refractivity contribution in [2.24, 2.45) is 0 Å². The average Bonchev–Trinajstić information content (AvgIpc) is 2.44. The summed E-state index contributed by atoms with van der Waals surface area (Å²) in [5.74, 6) is -0.302. The van der Waals surface area contributed by atoms with Crippen LogP contribution in [-0.4, -0.2) is 11.0 Å². The molecule has 0 bridgehead atoms. The molecule has 0 atom stereocenters. The highest BCUT2D eigenvalue weighted by atomic mass is 35.5. The molecule has 6 heteroatoms. The number of nitrogens with one attached hydrogen (secondary N) is 2. The van der Waals surface area contributed by atoms with Crippen molar-refractivity contribution in [3.8, 4) is 0 Å². The molecule has 0 aliphatic carbocycles. The van der Waals surface area contributed by atoms with E-state index in [2.05, 4.69) is 10.6 Å². The van der Waals surface area contributed by atoms with Crippen molar-refractivity contribution in [2.45, 2.75) is 6.92 Å². The second kappa shape index (κ2) is 6.89. The quantitative estimate of drug-likeness (QED) is 0.796. The Labute approximate surface area is 138 Å². The van der Waals surface area contributed by atoms with Crippen molar-refractivity contribution in [2.75, 3.05) is 5.32 Å². The van der Waals surface area contributed by atoms with Gasteiger partial charge in [-0.1, -0.05) is 29.3 Å². The lowest BCUT2D eigenvalue weighted by atomic mass is 10.2. The summed E-state index contributed by atoms with van der Waals surface area (Å²) in [6.45, 7) is 1.87. The van der Waals surface area contributed by atoms with Crippen molar-refractivity contribution < 1.29 is 4.79 Å². The van der Waals surface area contributed by atoms with Crippen LogP contribution in [0.25, 0.3) is 0 Å². The van der Waals surface area contributed by atoms with Gasteiger partial charge in [0.1, 0.15) is 0 Å². The summed E-state index contributed by atoms with van der Waals surface area (Å²) in [5.41, 5.74) is 2.09. The fraction of sp³-hybridized carbons (Fsp3) is 0.0667. The molecule has 108 valence electrons. The largest absolute Gasteiger partial charge is 0.332 e. The molecular weight excluding hydrogens is 327 g/mol. The number of thiocarbonyl (C=S) groups is 1. The molecule has 0 heterocycles. The number of hydrogen-bond donors (Lipinski definition) is 2. The molecule has 0 aliphatic heterocycles. The molecule has 1 amide bonds. The zero-order valence-electron chi connectivity index (χ0n) is 11.1. The molecule has 3 nitrogen and oxygen atoms in total. The molecule has 0 radical (unpaired) electrons. The maximum atomic E-state index is 12.0. The van der Waals surface area contributed by atoms with Crippen LogP contribution in [0.2, 0.25) is 10.0 Å². The molecule has 0 aliphatic rings. The number of carbonyl (C=O) groups is 1. The Morgan fingerprint density at radius 3 is 2.43 bits per heavy atom. The van der Waals surface area contributed by atoms with Gasteiger partial charge in [0.25, 0.3) is 5.91 Å². The van der Waals surface area contributed by atoms with Gasteiger partial charge >= 0.3 is 0 Å². The first-order valence-corrected chi connectivity index (χ1v) is 7.27. The van der Waals surface area contributed by atoms with Crippen molar-refractivity contribution in [3.63, 3.8) is 0 Å². The highest BCUT2D eigenvalue weighted by Crippen LogP contribution is 2.22. The summed E-state index contributed by atoms with van der Waals surface area (Å²) in [6.07, 6.45) is 0. The molecule has 2 rings (SSSR count). The van der Waals surface area contributed by atoms with Gasteiger partial charge in [0, 0.05) is 21.3 Å². The summed E-state index contributed by atoms with van der Waals surface area (Å²) in [4.78, 5) is 12.0. The Bertz CT molecular complexity index is 687. The predicted octanol–water partition coefficient (Wildman–Crippen LogP) is 4.43. The molecule has 2 aromatic carbocycles. The lowest BCUT2D eigenvalue weighted by Gasteiger charge is -2.12. The van der Waals surface area contributed by atoms with Crippen LogP contribution in [0, 0.1) is 6.92 Å². The maximum Gasteiger partial charge on any atom is 0.257 e. The van der Waals surface area contributed by atoms with Crippen molar-refractivity contribution >= 4 is 52.1 Å². The van der Waals surface area contributed by atoms with Crippen molar-refractivity contribution in [1.82, 2.24) is 5.32 Å². The Kier molecular flexibility index (Phi) is 5.17. The van der Waals surface area contributed by atoms with Crippen LogP contribution in [0.3, 0.4) is 0 Å². The third-order valence-electron chi connectivity index (χ3n) is 2.85. The molecule has 0 aromatic heterocycles. The Morgan fingerprint density at radius 2 is 1.76 bits per heavy atom. The van der Waals surface area contributed by atoms with E-state index in [4.69, 9.17) is 35.4 Å². The fourth-order valence-electron chi connectivity index (χ4n) is 1.67. The van der Waals surface area contributed by atoms with Crippen LogP contribution >= 0.6 is 35.4 Å². The van der Waals surface area contributed by atoms with Gasteiger partial charge in [-0.25, -0.2) is 0 Å². The second-order valence-corrected chi connectivity index (χ2v) is 5.58. The third-order valence-corrected chi connectivity index (χ3v) is 3.71. The van der Waals surface area contributed by atoms with Gasteiger partial charge in [0.2, 0.25) is 0 Å². The molecule has 2 N–H and O–H groups in total. The zero-order chi connectivity index (χ0) is 15.4. The van der Waals surface area contributed by atoms with E-state index in [0.29, 0.717) is 15.6 Å². The average molecular weight is 339 g/mol. The van der Waals surface area contributed by atoms with Gasteiger partial charge in [0.15, 0.2) is 5.11 Å². The first-order chi connectivity index (χ1) is 9.97. The Morgan fingerprint density at radius 1 is 1.10 bits per heavy atom. The minimum Gasteiger partial charge on any atom is -0.332 e. The SMILES string of the molecule is Cc1c(Cl)cccc1NC(=S)NC(=O)c1ccc(Cl)cc1. The molecule has 2 aromatic rings. The summed E-state index contributed by atoms with van der Waals surface area (Å²) in [5, 5.41) is 6.97. The van der Waals surface area contributed by atoms with E-state index in [9.17, 15) is 4.79 Å². The fourth-order valence-corrected chi connectivity index (χ4v) is 2.18. The topological polar surface area (TPSA) is 41.1 Å². The lowest BCUT2D eigenvalue weighted by Crippen LogP contribution is -2.34. The molecule has 0 fully saturated rings. The van der Waals surface area contributed by atoms with Crippen LogP contribution in [0.4, 0.5) is 5.69 Å². The Balaban J connectivity index is 2.03. The maximum absolute atomic E-state index is 12.0. The van der Waals surface area contributed by atoms with Crippen molar-refractivity contribution in [1.29, 1.82) is 0 Å². The van der Waals surface area contributed by atoms with Crippen molar-refractivity contribution in [3.05, 3.63) is 63.6 Å². The highest BCUT2D eigenvalue weighted by molar-refractivity contribution is 7.80. The van der Waals surface area contributed by atoms with E-state index < -0.39 is 0 Å². The minimum atomic E-state index is -0.302.